The Kier molecular flexibility index (Phi) is 3.57. The monoisotopic (exact) mass is 242 g/mol. The van der Waals surface area contributed by atoms with Crippen LogP contribution in [0.15, 0.2) is 42.6 Å². The third kappa shape index (κ3) is 2.85. The Balaban J connectivity index is 2.06. The molecule has 4 nitrogen and oxygen atoms in total. The van der Waals surface area contributed by atoms with Crippen LogP contribution in [0.5, 0.6) is 5.75 Å². The van der Waals surface area contributed by atoms with Crippen LogP contribution in [0.1, 0.15) is 11.3 Å². The number of nitrogens with one attached hydrogen (secondary N) is 1. The van der Waals surface area contributed by atoms with Gasteiger partial charge in [-0.3, -0.25) is 9.78 Å². The minimum absolute atomic E-state index is 0.135. The normalized spacial score (nSPS) is 10.1. The molecule has 4 heteroatoms. The lowest BCUT2D eigenvalue weighted by atomic mass is 10.1. The fraction of sp³-hybridized carbons (Fsp3) is 0.143. The number of amides is 1. The predicted octanol–water partition coefficient (Wildman–Crippen LogP) is 2.28. The first-order valence-corrected chi connectivity index (χ1v) is 5.65. The number of carbonyl (C=O) groups is 1. The number of hydrogen-bond donors (Lipinski definition) is 2. The highest BCUT2D eigenvalue weighted by atomic mass is 16.3. The number of para-hydroxylation sites is 1. The summed E-state index contributed by atoms with van der Waals surface area (Å²) in [6.45, 7) is 1.83. The lowest BCUT2D eigenvalue weighted by molar-refractivity contribution is -0.115. The van der Waals surface area contributed by atoms with Gasteiger partial charge in [0.05, 0.1) is 17.8 Å². The molecule has 0 unspecified atom stereocenters. The van der Waals surface area contributed by atoms with Crippen molar-refractivity contribution < 1.29 is 9.90 Å². The van der Waals surface area contributed by atoms with Gasteiger partial charge in [0.1, 0.15) is 5.75 Å². The molecule has 18 heavy (non-hydrogen) atoms. The van der Waals surface area contributed by atoms with E-state index in [-0.39, 0.29) is 18.1 Å². The standard InChI is InChI=1S/C14H14N2O2/c1-10-12(6-4-8-15-10)16-14(18)9-11-5-2-3-7-13(11)17/h2-8,17H,9H2,1H3,(H,16,18). The Bertz CT molecular complexity index is 518. The van der Waals surface area contributed by atoms with Crippen LogP contribution in [0.25, 0.3) is 0 Å². The number of phenols is 1. The summed E-state index contributed by atoms with van der Waals surface area (Å²) in [5, 5.41) is 12.4. The molecule has 0 aliphatic rings. The van der Waals surface area contributed by atoms with Crippen LogP contribution in [0.4, 0.5) is 5.69 Å². The zero-order chi connectivity index (χ0) is 13.0. The van der Waals surface area contributed by atoms with Crippen molar-refractivity contribution in [2.24, 2.45) is 0 Å². The number of pyridine rings is 1. The van der Waals surface area contributed by atoms with E-state index in [1.54, 1.807) is 42.6 Å². The summed E-state index contributed by atoms with van der Waals surface area (Å²) in [5.74, 6) is -0.0387. The van der Waals surface area contributed by atoms with Gasteiger partial charge in [-0.05, 0) is 25.1 Å². The van der Waals surface area contributed by atoms with Gasteiger partial charge >= 0.3 is 0 Å². The zero-order valence-corrected chi connectivity index (χ0v) is 10.1. The lowest BCUT2D eigenvalue weighted by Crippen LogP contribution is -2.15. The van der Waals surface area contributed by atoms with E-state index < -0.39 is 0 Å². The summed E-state index contributed by atoms with van der Waals surface area (Å²) >= 11 is 0. The Morgan fingerprint density at radius 3 is 2.78 bits per heavy atom. The first-order valence-electron chi connectivity index (χ1n) is 5.65. The number of aromatic hydroxyl groups is 1. The Labute approximate surface area is 105 Å². The van der Waals surface area contributed by atoms with Gasteiger partial charge in [-0.15, -0.1) is 0 Å². The van der Waals surface area contributed by atoms with Crippen molar-refractivity contribution >= 4 is 11.6 Å². The minimum atomic E-state index is -0.174. The van der Waals surface area contributed by atoms with Crippen molar-refractivity contribution in [3.63, 3.8) is 0 Å². The summed E-state index contributed by atoms with van der Waals surface area (Å²) in [4.78, 5) is 15.9. The molecule has 0 aliphatic heterocycles. The Hall–Kier alpha value is -2.36. The van der Waals surface area contributed by atoms with Gasteiger partial charge in [-0.25, -0.2) is 0 Å². The molecular weight excluding hydrogens is 228 g/mol. The average Bonchev–Trinajstić information content (AvgIpc) is 2.35. The van der Waals surface area contributed by atoms with E-state index in [9.17, 15) is 9.90 Å². The molecule has 2 rings (SSSR count). The van der Waals surface area contributed by atoms with Gasteiger partial charge in [-0.1, -0.05) is 18.2 Å². The Morgan fingerprint density at radius 1 is 1.28 bits per heavy atom. The molecule has 1 aromatic carbocycles. The third-order valence-corrected chi connectivity index (χ3v) is 2.62. The van der Waals surface area contributed by atoms with Gasteiger partial charge in [0.2, 0.25) is 5.91 Å². The van der Waals surface area contributed by atoms with Crippen molar-refractivity contribution in [3.8, 4) is 5.75 Å². The molecule has 0 spiro atoms. The number of nitrogens with zero attached hydrogens (tertiary/aromatic N) is 1. The molecular formula is C14H14N2O2. The van der Waals surface area contributed by atoms with Crippen LogP contribution in [0.3, 0.4) is 0 Å². The van der Waals surface area contributed by atoms with Crippen molar-refractivity contribution in [2.45, 2.75) is 13.3 Å². The van der Waals surface area contributed by atoms with Crippen molar-refractivity contribution in [1.29, 1.82) is 0 Å². The van der Waals surface area contributed by atoms with Gasteiger partial charge in [0, 0.05) is 11.8 Å². The number of phenolic OH excluding ortho intramolecular Hbond substituents is 1. The number of benzene rings is 1. The molecule has 0 bridgehead atoms. The van der Waals surface area contributed by atoms with Crippen molar-refractivity contribution in [3.05, 3.63) is 53.9 Å². The number of hydrogen-bond acceptors (Lipinski definition) is 3. The number of aromatic nitrogens is 1. The van der Waals surface area contributed by atoms with Crippen LogP contribution >= 0.6 is 0 Å². The molecule has 0 atom stereocenters. The zero-order valence-electron chi connectivity index (χ0n) is 10.1. The first-order chi connectivity index (χ1) is 8.66. The summed E-state index contributed by atoms with van der Waals surface area (Å²) in [5.41, 5.74) is 2.07. The molecule has 92 valence electrons. The number of anilines is 1. The maximum atomic E-state index is 11.8. The summed E-state index contributed by atoms with van der Waals surface area (Å²) in [6, 6.07) is 10.4. The van der Waals surface area contributed by atoms with Crippen LogP contribution in [0, 0.1) is 6.92 Å². The smallest absolute Gasteiger partial charge is 0.228 e. The summed E-state index contributed by atoms with van der Waals surface area (Å²) in [6.07, 6.45) is 1.81. The molecule has 0 saturated carbocycles. The van der Waals surface area contributed by atoms with Gasteiger partial charge < -0.3 is 10.4 Å². The minimum Gasteiger partial charge on any atom is -0.508 e. The summed E-state index contributed by atoms with van der Waals surface area (Å²) < 4.78 is 0. The van der Waals surface area contributed by atoms with Crippen LogP contribution < -0.4 is 5.32 Å². The first kappa shape index (κ1) is 12.1. The molecule has 1 amide bonds. The molecule has 0 radical (unpaired) electrons. The molecule has 2 aromatic rings. The summed E-state index contributed by atoms with van der Waals surface area (Å²) in [7, 11) is 0. The van der Waals surface area contributed by atoms with E-state index in [1.807, 2.05) is 6.92 Å². The van der Waals surface area contributed by atoms with E-state index >= 15 is 0 Å². The van der Waals surface area contributed by atoms with E-state index in [4.69, 9.17) is 0 Å². The van der Waals surface area contributed by atoms with Gasteiger partial charge in [-0.2, -0.15) is 0 Å². The van der Waals surface area contributed by atoms with Crippen LogP contribution in [-0.2, 0) is 11.2 Å². The predicted molar refractivity (Wildman–Crippen MR) is 69.4 cm³/mol. The molecule has 1 aromatic heterocycles. The second-order valence-electron chi connectivity index (χ2n) is 3.99. The highest BCUT2D eigenvalue weighted by molar-refractivity contribution is 5.93. The topological polar surface area (TPSA) is 62.2 Å². The fourth-order valence-electron chi connectivity index (χ4n) is 1.64. The van der Waals surface area contributed by atoms with E-state index in [1.165, 1.54) is 0 Å². The molecule has 0 saturated heterocycles. The van der Waals surface area contributed by atoms with E-state index in [2.05, 4.69) is 10.3 Å². The molecule has 2 N–H and O–H groups in total. The van der Waals surface area contributed by atoms with E-state index in [0.29, 0.717) is 11.3 Å². The highest BCUT2D eigenvalue weighted by Gasteiger charge is 2.08. The van der Waals surface area contributed by atoms with Crippen LogP contribution in [-0.4, -0.2) is 16.0 Å². The van der Waals surface area contributed by atoms with E-state index in [0.717, 1.165) is 5.69 Å². The highest BCUT2D eigenvalue weighted by Crippen LogP contribution is 2.17. The quantitative estimate of drug-likeness (QED) is 0.868. The van der Waals surface area contributed by atoms with Gasteiger partial charge in [0.25, 0.3) is 0 Å². The van der Waals surface area contributed by atoms with Gasteiger partial charge in [0.15, 0.2) is 0 Å². The lowest BCUT2D eigenvalue weighted by Gasteiger charge is -2.08. The Morgan fingerprint density at radius 2 is 2.06 bits per heavy atom. The number of carbonyl (C=O) groups excluding carboxylic acids is 1. The maximum Gasteiger partial charge on any atom is 0.228 e. The maximum absolute atomic E-state index is 11.8. The van der Waals surface area contributed by atoms with Crippen LogP contribution in [0.2, 0.25) is 0 Å². The molecule has 0 fully saturated rings. The largest absolute Gasteiger partial charge is 0.508 e. The third-order valence-electron chi connectivity index (χ3n) is 2.62. The fourth-order valence-corrected chi connectivity index (χ4v) is 1.64. The SMILES string of the molecule is Cc1ncccc1NC(=O)Cc1ccccc1O. The van der Waals surface area contributed by atoms with Crippen molar-refractivity contribution in [1.82, 2.24) is 4.98 Å². The van der Waals surface area contributed by atoms with Crippen molar-refractivity contribution in [2.75, 3.05) is 5.32 Å². The number of rotatable bonds is 3. The number of aryl methyl sites for hydroxylation is 1. The second kappa shape index (κ2) is 5.31. The second-order valence-corrected chi connectivity index (χ2v) is 3.99. The molecule has 0 aliphatic carbocycles. The average molecular weight is 242 g/mol. The molecule has 1 heterocycles.